The fraction of sp³-hybridized carbons (Fsp3) is 0.167. The molecule has 0 aliphatic rings. The molecule has 0 saturated heterocycles. The van der Waals surface area contributed by atoms with Gasteiger partial charge in [0.25, 0.3) is 11.5 Å². The van der Waals surface area contributed by atoms with E-state index in [1.165, 1.54) is 4.57 Å². The quantitative estimate of drug-likeness (QED) is 0.521. The molecule has 4 rings (SSSR count). The summed E-state index contributed by atoms with van der Waals surface area (Å²) < 4.78 is 3.35. The Balaban J connectivity index is 1.71. The van der Waals surface area contributed by atoms with Gasteiger partial charge in [-0.25, -0.2) is 4.98 Å². The zero-order valence-electron chi connectivity index (χ0n) is 14.9. The lowest BCUT2D eigenvalue weighted by molar-refractivity contribution is 0.102. The van der Waals surface area contributed by atoms with Crippen molar-refractivity contribution in [3.05, 3.63) is 56.8 Å². The maximum absolute atomic E-state index is 12.6. The average Bonchev–Trinajstić information content (AvgIpc) is 2.93. The van der Waals surface area contributed by atoms with Gasteiger partial charge in [0.2, 0.25) is 0 Å². The maximum atomic E-state index is 12.6. The number of nitrogens with zero attached hydrogens (tertiary/aromatic N) is 4. The first-order chi connectivity index (χ1) is 12.8. The number of aromatic nitrogens is 5. The van der Waals surface area contributed by atoms with E-state index in [-0.39, 0.29) is 11.5 Å². The number of H-pyrrole nitrogens is 1. The number of carbonyl (C=O) groups excluding carboxylic acids is 1. The molecule has 0 aliphatic heterocycles. The van der Waals surface area contributed by atoms with Crippen LogP contribution in [0.3, 0.4) is 0 Å². The van der Waals surface area contributed by atoms with Crippen molar-refractivity contribution in [1.29, 1.82) is 0 Å². The van der Waals surface area contributed by atoms with E-state index in [9.17, 15) is 9.59 Å². The first-order valence-electron chi connectivity index (χ1n) is 8.19. The Morgan fingerprint density at radius 2 is 2.00 bits per heavy atom. The number of hydrogen-bond donors (Lipinski definition) is 2. The third kappa shape index (κ3) is 2.81. The molecule has 27 heavy (non-hydrogen) atoms. The summed E-state index contributed by atoms with van der Waals surface area (Å²) in [4.78, 5) is 32.2. The molecule has 9 heteroatoms. The summed E-state index contributed by atoms with van der Waals surface area (Å²) in [6.45, 7) is 1.89. The minimum Gasteiger partial charge on any atom is -0.332 e. The van der Waals surface area contributed by atoms with Gasteiger partial charge in [-0.1, -0.05) is 0 Å². The lowest BCUT2D eigenvalue weighted by atomic mass is 10.1. The van der Waals surface area contributed by atoms with Gasteiger partial charge in [0.05, 0.1) is 28.5 Å². The van der Waals surface area contributed by atoms with Gasteiger partial charge in [-0.3, -0.25) is 18.8 Å². The second-order valence-electron chi connectivity index (χ2n) is 6.31. The highest BCUT2D eigenvalue weighted by Gasteiger charge is 2.12. The summed E-state index contributed by atoms with van der Waals surface area (Å²) >= 11 is 5.13. The van der Waals surface area contributed by atoms with Crippen LogP contribution in [0.15, 0.2) is 35.3 Å². The molecule has 1 amide bonds. The van der Waals surface area contributed by atoms with Crippen LogP contribution in [0, 0.1) is 11.7 Å². The van der Waals surface area contributed by atoms with Crippen LogP contribution in [0.2, 0.25) is 0 Å². The van der Waals surface area contributed by atoms with Gasteiger partial charge in [0.15, 0.2) is 10.4 Å². The molecule has 4 aromatic rings. The molecule has 0 saturated carbocycles. The molecule has 0 bridgehead atoms. The summed E-state index contributed by atoms with van der Waals surface area (Å²) in [5.74, 6) is -0.306. The maximum Gasteiger partial charge on any atom is 0.261 e. The number of pyridine rings is 1. The smallest absolute Gasteiger partial charge is 0.261 e. The third-order valence-electron chi connectivity index (χ3n) is 4.48. The molecule has 8 nitrogen and oxygen atoms in total. The molecule has 3 heterocycles. The number of hydrogen-bond acceptors (Lipinski definition) is 5. The van der Waals surface area contributed by atoms with E-state index in [0.29, 0.717) is 26.9 Å². The van der Waals surface area contributed by atoms with Gasteiger partial charge in [-0.2, -0.15) is 5.10 Å². The second kappa shape index (κ2) is 6.13. The molecule has 0 fully saturated rings. The Morgan fingerprint density at radius 3 is 2.78 bits per heavy atom. The molecule has 2 N–H and O–H groups in total. The van der Waals surface area contributed by atoms with Crippen LogP contribution < -0.4 is 10.9 Å². The number of carbonyl (C=O) groups is 1. The van der Waals surface area contributed by atoms with E-state index in [1.54, 1.807) is 36.1 Å². The monoisotopic (exact) mass is 380 g/mol. The minimum atomic E-state index is -0.306. The topological polar surface area (TPSA) is 97.6 Å². The molecule has 0 atom stereocenters. The number of fused-ring (bicyclic) bond motifs is 2. The van der Waals surface area contributed by atoms with E-state index in [0.717, 1.165) is 16.7 Å². The van der Waals surface area contributed by atoms with E-state index in [4.69, 9.17) is 12.2 Å². The van der Waals surface area contributed by atoms with E-state index in [1.807, 2.05) is 20.0 Å². The van der Waals surface area contributed by atoms with Crippen molar-refractivity contribution in [2.24, 2.45) is 14.1 Å². The van der Waals surface area contributed by atoms with Crippen molar-refractivity contribution in [3.8, 4) is 0 Å². The van der Waals surface area contributed by atoms with Crippen LogP contribution in [0.25, 0.3) is 21.9 Å². The van der Waals surface area contributed by atoms with Crippen LogP contribution in [-0.2, 0) is 14.1 Å². The summed E-state index contributed by atoms with van der Waals surface area (Å²) in [6.07, 6.45) is 1.59. The largest absolute Gasteiger partial charge is 0.332 e. The highest BCUT2D eigenvalue weighted by molar-refractivity contribution is 7.71. The lowest BCUT2D eigenvalue weighted by Crippen LogP contribution is -2.19. The summed E-state index contributed by atoms with van der Waals surface area (Å²) in [6, 6.07) is 6.68. The van der Waals surface area contributed by atoms with Gasteiger partial charge in [-0.15, -0.1) is 0 Å². The zero-order chi connectivity index (χ0) is 19.3. The summed E-state index contributed by atoms with van der Waals surface area (Å²) in [7, 11) is 3.43. The number of amides is 1. The van der Waals surface area contributed by atoms with Crippen molar-refractivity contribution in [2.45, 2.75) is 6.92 Å². The Kier molecular flexibility index (Phi) is 3.88. The summed E-state index contributed by atoms with van der Waals surface area (Å²) in [5, 5.41) is 8.50. The highest BCUT2D eigenvalue weighted by Crippen LogP contribution is 2.20. The van der Waals surface area contributed by atoms with Crippen LogP contribution in [-0.4, -0.2) is 30.2 Å². The number of aryl methyl sites for hydroxylation is 2. The number of anilines is 1. The van der Waals surface area contributed by atoms with Crippen molar-refractivity contribution < 1.29 is 4.79 Å². The molecule has 136 valence electrons. The van der Waals surface area contributed by atoms with Crippen molar-refractivity contribution in [2.75, 3.05) is 5.32 Å². The van der Waals surface area contributed by atoms with E-state index < -0.39 is 0 Å². The van der Waals surface area contributed by atoms with Crippen molar-refractivity contribution >= 4 is 45.7 Å². The predicted octanol–water partition coefficient (Wildman–Crippen LogP) is 2.44. The number of aromatic amines is 1. The molecular weight excluding hydrogens is 364 g/mol. The first-order valence-corrected chi connectivity index (χ1v) is 8.60. The standard InChI is InChI=1S/C18H16N6O2S/c1-9-13-7-11(8-19-15(13)24(3)22-9)20-16(25)10-4-5-12-14(6-10)21-18(27)23(2)17(12)26/h4-8H,1-3H3,(H,20,25)(H,21,27). The van der Waals surface area contributed by atoms with Gasteiger partial charge in [0.1, 0.15) is 0 Å². The molecule has 0 radical (unpaired) electrons. The second-order valence-corrected chi connectivity index (χ2v) is 6.70. The fourth-order valence-corrected chi connectivity index (χ4v) is 3.22. The zero-order valence-corrected chi connectivity index (χ0v) is 15.7. The SMILES string of the molecule is Cc1nn(C)c2ncc(NC(=O)c3ccc4c(=O)n(C)c(=S)[nH]c4c3)cc12. The summed E-state index contributed by atoms with van der Waals surface area (Å²) in [5.41, 5.74) is 2.88. The molecule has 0 unspecified atom stereocenters. The Morgan fingerprint density at radius 1 is 1.22 bits per heavy atom. The minimum absolute atomic E-state index is 0.206. The number of benzene rings is 1. The third-order valence-corrected chi connectivity index (χ3v) is 4.86. The van der Waals surface area contributed by atoms with Gasteiger partial charge in [0, 0.05) is 25.0 Å². The van der Waals surface area contributed by atoms with Crippen LogP contribution in [0.1, 0.15) is 16.1 Å². The Labute approximate surface area is 158 Å². The molecular formula is C18H16N6O2S. The van der Waals surface area contributed by atoms with Crippen LogP contribution >= 0.6 is 12.2 Å². The van der Waals surface area contributed by atoms with Crippen LogP contribution in [0.5, 0.6) is 0 Å². The highest BCUT2D eigenvalue weighted by atomic mass is 32.1. The molecule has 3 aromatic heterocycles. The van der Waals surface area contributed by atoms with Gasteiger partial charge < -0.3 is 10.3 Å². The predicted molar refractivity (Wildman–Crippen MR) is 106 cm³/mol. The Bertz CT molecular complexity index is 1350. The van der Waals surface area contributed by atoms with Crippen molar-refractivity contribution in [1.82, 2.24) is 24.3 Å². The number of rotatable bonds is 2. The Hall–Kier alpha value is -3.33. The van der Waals surface area contributed by atoms with Gasteiger partial charge in [-0.05, 0) is 43.4 Å². The number of nitrogens with one attached hydrogen (secondary N) is 2. The van der Waals surface area contributed by atoms with Gasteiger partial charge >= 0.3 is 0 Å². The van der Waals surface area contributed by atoms with E-state index in [2.05, 4.69) is 20.4 Å². The van der Waals surface area contributed by atoms with Crippen LogP contribution in [0.4, 0.5) is 5.69 Å². The van der Waals surface area contributed by atoms with E-state index >= 15 is 0 Å². The lowest BCUT2D eigenvalue weighted by Gasteiger charge is -2.07. The molecule has 1 aromatic carbocycles. The average molecular weight is 380 g/mol. The first kappa shape index (κ1) is 17.1. The molecule has 0 spiro atoms. The normalized spacial score (nSPS) is 11.2. The van der Waals surface area contributed by atoms with Crippen molar-refractivity contribution in [3.63, 3.8) is 0 Å². The fourth-order valence-electron chi connectivity index (χ4n) is 3.03. The molecule has 0 aliphatic carbocycles.